The van der Waals surface area contributed by atoms with Crippen LogP contribution in [0.25, 0.3) is 0 Å². The zero-order chi connectivity index (χ0) is 13.6. The molecule has 102 valence electrons. The standard InChI is InChI=1S/C10H13ClF3N3O/c11-7-6-8(15-4-2-1-3-5-18)17-9(16-7)10(12,13)14/h6,18H,1-5H2,(H,15,16,17). The van der Waals surface area contributed by atoms with Crippen molar-refractivity contribution in [2.75, 3.05) is 18.5 Å². The number of alkyl halides is 3. The van der Waals surface area contributed by atoms with Gasteiger partial charge in [0.1, 0.15) is 11.0 Å². The van der Waals surface area contributed by atoms with Gasteiger partial charge in [0.25, 0.3) is 0 Å². The summed E-state index contributed by atoms with van der Waals surface area (Å²) in [5.41, 5.74) is 0. The van der Waals surface area contributed by atoms with Gasteiger partial charge in [-0.3, -0.25) is 0 Å². The summed E-state index contributed by atoms with van der Waals surface area (Å²) in [6, 6.07) is 1.24. The molecule has 1 heterocycles. The minimum Gasteiger partial charge on any atom is -0.396 e. The lowest BCUT2D eigenvalue weighted by Crippen LogP contribution is -2.13. The van der Waals surface area contributed by atoms with E-state index < -0.39 is 12.0 Å². The van der Waals surface area contributed by atoms with E-state index in [1.54, 1.807) is 0 Å². The molecule has 0 fully saturated rings. The van der Waals surface area contributed by atoms with Crippen molar-refractivity contribution in [3.8, 4) is 0 Å². The third-order valence-electron chi connectivity index (χ3n) is 2.09. The van der Waals surface area contributed by atoms with E-state index >= 15 is 0 Å². The summed E-state index contributed by atoms with van der Waals surface area (Å²) in [6.45, 7) is 0.572. The van der Waals surface area contributed by atoms with Crippen LogP contribution in [-0.4, -0.2) is 28.2 Å². The number of aliphatic hydroxyl groups is 1. The van der Waals surface area contributed by atoms with Gasteiger partial charge in [0, 0.05) is 19.2 Å². The summed E-state index contributed by atoms with van der Waals surface area (Å²) in [4.78, 5) is 6.46. The molecule has 0 saturated carbocycles. The van der Waals surface area contributed by atoms with Crippen LogP contribution < -0.4 is 5.32 Å². The Morgan fingerprint density at radius 2 is 1.94 bits per heavy atom. The van der Waals surface area contributed by atoms with E-state index in [9.17, 15) is 13.2 Å². The maximum absolute atomic E-state index is 12.4. The molecule has 1 rings (SSSR count). The van der Waals surface area contributed by atoms with Crippen LogP contribution in [0.2, 0.25) is 5.15 Å². The second-order valence-electron chi connectivity index (χ2n) is 3.61. The van der Waals surface area contributed by atoms with Crippen molar-refractivity contribution < 1.29 is 18.3 Å². The van der Waals surface area contributed by atoms with Crippen LogP contribution in [0, 0.1) is 0 Å². The number of aliphatic hydroxyl groups excluding tert-OH is 1. The number of anilines is 1. The molecular formula is C10H13ClF3N3O. The number of aromatic nitrogens is 2. The van der Waals surface area contributed by atoms with Crippen LogP contribution in [0.15, 0.2) is 6.07 Å². The van der Waals surface area contributed by atoms with E-state index in [0.717, 1.165) is 12.8 Å². The molecule has 8 heteroatoms. The van der Waals surface area contributed by atoms with Gasteiger partial charge >= 0.3 is 6.18 Å². The van der Waals surface area contributed by atoms with Crippen LogP contribution in [-0.2, 0) is 6.18 Å². The molecule has 0 saturated heterocycles. The van der Waals surface area contributed by atoms with Gasteiger partial charge in [0.15, 0.2) is 0 Å². The first-order valence-electron chi connectivity index (χ1n) is 5.40. The Hall–Kier alpha value is -1.08. The van der Waals surface area contributed by atoms with Crippen molar-refractivity contribution >= 4 is 17.4 Å². The maximum Gasteiger partial charge on any atom is 0.451 e. The molecule has 1 aromatic heterocycles. The quantitative estimate of drug-likeness (QED) is 0.622. The van der Waals surface area contributed by atoms with E-state index in [0.29, 0.717) is 13.0 Å². The maximum atomic E-state index is 12.4. The van der Waals surface area contributed by atoms with Gasteiger partial charge < -0.3 is 10.4 Å². The molecule has 18 heavy (non-hydrogen) atoms. The summed E-state index contributed by atoms with van der Waals surface area (Å²) in [5, 5.41) is 11.0. The summed E-state index contributed by atoms with van der Waals surface area (Å²) >= 11 is 5.49. The number of unbranched alkanes of at least 4 members (excludes halogenated alkanes) is 2. The minimum atomic E-state index is -4.61. The Balaban J connectivity index is 2.58. The van der Waals surface area contributed by atoms with Gasteiger partial charge in [0.2, 0.25) is 5.82 Å². The Kier molecular flexibility index (Phi) is 5.61. The van der Waals surface area contributed by atoms with E-state index in [-0.39, 0.29) is 17.6 Å². The highest BCUT2D eigenvalue weighted by molar-refractivity contribution is 6.29. The SMILES string of the molecule is OCCCCCNc1cc(Cl)nc(C(F)(F)F)n1. The molecule has 0 radical (unpaired) electrons. The highest BCUT2D eigenvalue weighted by atomic mass is 35.5. The highest BCUT2D eigenvalue weighted by Crippen LogP contribution is 2.28. The lowest BCUT2D eigenvalue weighted by atomic mass is 10.2. The molecule has 0 aliphatic rings. The molecule has 0 spiro atoms. The van der Waals surface area contributed by atoms with E-state index in [1.165, 1.54) is 6.07 Å². The van der Waals surface area contributed by atoms with Gasteiger partial charge in [0.05, 0.1) is 0 Å². The molecule has 0 aromatic carbocycles. The number of hydrogen-bond acceptors (Lipinski definition) is 4. The predicted octanol–water partition coefficient (Wildman–Crippen LogP) is 2.72. The predicted molar refractivity (Wildman–Crippen MR) is 61.5 cm³/mol. The zero-order valence-electron chi connectivity index (χ0n) is 9.47. The molecule has 1 aromatic rings. The average molecular weight is 284 g/mol. The van der Waals surface area contributed by atoms with Gasteiger partial charge in [-0.1, -0.05) is 11.6 Å². The van der Waals surface area contributed by atoms with Crippen molar-refractivity contribution in [3.63, 3.8) is 0 Å². The Labute approximate surface area is 107 Å². The van der Waals surface area contributed by atoms with Crippen LogP contribution in [0.5, 0.6) is 0 Å². The first-order valence-corrected chi connectivity index (χ1v) is 5.78. The van der Waals surface area contributed by atoms with E-state index in [1.807, 2.05) is 0 Å². The van der Waals surface area contributed by atoms with Gasteiger partial charge in [-0.05, 0) is 19.3 Å². The first-order chi connectivity index (χ1) is 8.43. The highest BCUT2D eigenvalue weighted by Gasteiger charge is 2.35. The fourth-order valence-electron chi connectivity index (χ4n) is 1.27. The summed E-state index contributed by atoms with van der Waals surface area (Å²) < 4.78 is 37.2. The van der Waals surface area contributed by atoms with Crippen LogP contribution in [0.1, 0.15) is 25.1 Å². The molecule has 4 nitrogen and oxygen atoms in total. The summed E-state index contributed by atoms with van der Waals surface area (Å²) in [6.07, 6.45) is -2.43. The topological polar surface area (TPSA) is 58.0 Å². The first kappa shape index (κ1) is 15.0. The smallest absolute Gasteiger partial charge is 0.396 e. The second kappa shape index (κ2) is 6.75. The second-order valence-corrected chi connectivity index (χ2v) is 4.00. The number of nitrogens with zero attached hydrogens (tertiary/aromatic N) is 2. The summed E-state index contributed by atoms with van der Waals surface area (Å²) in [7, 11) is 0. The number of rotatable bonds is 6. The largest absolute Gasteiger partial charge is 0.451 e. The normalized spacial score (nSPS) is 11.6. The third-order valence-corrected chi connectivity index (χ3v) is 2.28. The van der Waals surface area contributed by atoms with Crippen molar-refractivity contribution in [2.45, 2.75) is 25.4 Å². The summed E-state index contributed by atoms with van der Waals surface area (Å²) in [5.74, 6) is -1.21. The Bertz CT molecular complexity index is 387. The minimum absolute atomic E-state index is 0.0475. The molecule has 2 N–H and O–H groups in total. The molecule has 0 unspecified atom stereocenters. The monoisotopic (exact) mass is 283 g/mol. The zero-order valence-corrected chi connectivity index (χ0v) is 10.2. The van der Waals surface area contributed by atoms with E-state index in [4.69, 9.17) is 16.7 Å². The lowest BCUT2D eigenvalue weighted by Gasteiger charge is -2.09. The van der Waals surface area contributed by atoms with Crippen LogP contribution in [0.3, 0.4) is 0 Å². The molecule has 0 bridgehead atoms. The van der Waals surface area contributed by atoms with Gasteiger partial charge in [-0.25, -0.2) is 9.97 Å². The molecule has 0 atom stereocenters. The average Bonchev–Trinajstić information content (AvgIpc) is 2.27. The van der Waals surface area contributed by atoms with Crippen LogP contribution >= 0.6 is 11.6 Å². The lowest BCUT2D eigenvalue weighted by molar-refractivity contribution is -0.144. The van der Waals surface area contributed by atoms with Crippen molar-refractivity contribution in [1.29, 1.82) is 0 Å². The van der Waals surface area contributed by atoms with Gasteiger partial charge in [-0.2, -0.15) is 13.2 Å². The number of halogens is 4. The Morgan fingerprint density at radius 1 is 1.22 bits per heavy atom. The molecule has 0 aliphatic carbocycles. The van der Waals surface area contributed by atoms with Crippen molar-refractivity contribution in [1.82, 2.24) is 9.97 Å². The fraction of sp³-hybridized carbons (Fsp3) is 0.600. The molecule has 0 aliphatic heterocycles. The van der Waals surface area contributed by atoms with Crippen LogP contribution in [0.4, 0.5) is 19.0 Å². The van der Waals surface area contributed by atoms with Gasteiger partial charge in [-0.15, -0.1) is 0 Å². The fourth-order valence-corrected chi connectivity index (χ4v) is 1.45. The number of hydrogen-bond donors (Lipinski definition) is 2. The van der Waals surface area contributed by atoms with Crippen molar-refractivity contribution in [2.24, 2.45) is 0 Å². The molecule has 0 amide bonds. The molecular weight excluding hydrogens is 271 g/mol. The third kappa shape index (κ3) is 5.05. The van der Waals surface area contributed by atoms with Crippen molar-refractivity contribution in [3.05, 3.63) is 17.0 Å². The van der Waals surface area contributed by atoms with E-state index in [2.05, 4.69) is 15.3 Å². The Morgan fingerprint density at radius 3 is 2.56 bits per heavy atom. The number of nitrogens with one attached hydrogen (secondary N) is 1.